The highest BCUT2D eigenvalue weighted by molar-refractivity contribution is 5.85. The van der Waals surface area contributed by atoms with Crippen LogP contribution in [0.25, 0.3) is 0 Å². The second kappa shape index (κ2) is 14.3. The van der Waals surface area contributed by atoms with Gasteiger partial charge in [-0.05, 0) is 32.4 Å². The topological polar surface area (TPSA) is 114 Å². The third kappa shape index (κ3) is 8.77. The molecule has 156 valence electrons. The molecule has 28 heavy (non-hydrogen) atoms. The van der Waals surface area contributed by atoms with Crippen molar-refractivity contribution in [3.63, 3.8) is 0 Å². The molecule has 0 aliphatic carbocycles. The Morgan fingerprint density at radius 3 is 2.39 bits per heavy atom. The Hall–Kier alpha value is -2.74. The van der Waals surface area contributed by atoms with Crippen molar-refractivity contribution >= 4 is 29.9 Å². The van der Waals surface area contributed by atoms with Crippen molar-refractivity contribution in [1.29, 1.82) is 0 Å². The lowest BCUT2D eigenvalue weighted by atomic mass is 10.3. The second-order valence-corrected chi connectivity index (χ2v) is 5.63. The van der Waals surface area contributed by atoms with Crippen LogP contribution in [0.2, 0.25) is 0 Å². The Bertz CT molecular complexity index is 699. The quantitative estimate of drug-likeness (QED) is 0.591. The highest BCUT2D eigenvalue weighted by Gasteiger charge is 2.13. The number of hydrogen-bond donors (Lipinski definition) is 3. The standard InChI is InChI=1S/C10H15N3O2.C9H14N2O.ClH/c1-3-13(4-2)10(14)15-9-7-12-6-5-8(9)11;1-2-3-5-11-8-4-6-10-7-9(8)12;/h5-7H,3-4H2,1-2H3,(H2,11,12);4,6-7,12H,2-3,5H2,1H3,(H,10,11);1H. The molecule has 0 spiro atoms. The summed E-state index contributed by atoms with van der Waals surface area (Å²) in [5.41, 5.74) is 6.79. The van der Waals surface area contributed by atoms with Gasteiger partial charge in [-0.3, -0.25) is 9.97 Å². The number of nitrogens with two attached hydrogens (primary N) is 1. The van der Waals surface area contributed by atoms with Gasteiger partial charge in [-0.25, -0.2) is 4.79 Å². The molecule has 2 rings (SSSR count). The molecule has 0 aliphatic rings. The fourth-order valence-corrected chi connectivity index (χ4v) is 2.05. The van der Waals surface area contributed by atoms with Crippen molar-refractivity contribution in [3.8, 4) is 11.5 Å². The molecular formula is C19H30ClN5O3. The third-order valence-corrected chi connectivity index (χ3v) is 3.68. The van der Waals surface area contributed by atoms with Gasteiger partial charge in [0.25, 0.3) is 0 Å². The smallest absolute Gasteiger partial charge is 0.415 e. The lowest BCUT2D eigenvalue weighted by molar-refractivity contribution is 0.157. The highest BCUT2D eigenvalue weighted by atomic mass is 35.5. The van der Waals surface area contributed by atoms with Crippen LogP contribution in [-0.2, 0) is 0 Å². The SMILES string of the molecule is CCCCNc1ccncc1O.CCN(CC)C(=O)Oc1cnccc1N.Cl. The van der Waals surface area contributed by atoms with E-state index in [4.69, 9.17) is 10.5 Å². The molecule has 1 amide bonds. The Morgan fingerprint density at radius 1 is 1.18 bits per heavy atom. The van der Waals surface area contributed by atoms with Crippen LogP contribution in [-0.4, -0.2) is 45.7 Å². The van der Waals surface area contributed by atoms with Gasteiger partial charge in [0, 0.05) is 32.0 Å². The van der Waals surface area contributed by atoms with Crippen LogP contribution in [0.5, 0.6) is 11.5 Å². The monoisotopic (exact) mass is 411 g/mol. The summed E-state index contributed by atoms with van der Waals surface area (Å²) in [7, 11) is 0. The van der Waals surface area contributed by atoms with Gasteiger partial charge in [0.2, 0.25) is 0 Å². The van der Waals surface area contributed by atoms with Crippen molar-refractivity contribution in [2.24, 2.45) is 0 Å². The Morgan fingerprint density at radius 2 is 1.82 bits per heavy atom. The molecule has 0 saturated heterocycles. The van der Waals surface area contributed by atoms with Gasteiger partial charge in [-0.15, -0.1) is 12.4 Å². The van der Waals surface area contributed by atoms with Crippen LogP contribution < -0.4 is 15.8 Å². The van der Waals surface area contributed by atoms with Gasteiger partial charge in [0.1, 0.15) is 0 Å². The molecule has 2 heterocycles. The van der Waals surface area contributed by atoms with E-state index in [0.717, 1.165) is 25.1 Å². The molecule has 2 aromatic rings. The molecular weight excluding hydrogens is 382 g/mol. The predicted molar refractivity (Wildman–Crippen MR) is 114 cm³/mol. The first-order chi connectivity index (χ1) is 13.0. The molecule has 0 bridgehead atoms. The second-order valence-electron chi connectivity index (χ2n) is 5.63. The molecule has 0 aliphatic heterocycles. The van der Waals surface area contributed by atoms with Crippen LogP contribution in [0, 0.1) is 0 Å². The van der Waals surface area contributed by atoms with E-state index in [1.54, 1.807) is 29.4 Å². The number of nitrogens with one attached hydrogen (secondary N) is 1. The average molecular weight is 412 g/mol. The van der Waals surface area contributed by atoms with Gasteiger partial charge in [-0.1, -0.05) is 13.3 Å². The number of carbonyl (C=O) groups is 1. The molecule has 0 atom stereocenters. The van der Waals surface area contributed by atoms with E-state index in [1.165, 1.54) is 12.4 Å². The van der Waals surface area contributed by atoms with Gasteiger partial charge in [0.15, 0.2) is 11.5 Å². The molecule has 0 radical (unpaired) electrons. The number of unbranched alkanes of at least 4 members (excludes halogenated alkanes) is 1. The Kier molecular flexibility index (Phi) is 12.9. The van der Waals surface area contributed by atoms with Crippen LogP contribution in [0.1, 0.15) is 33.6 Å². The number of nitrogen functional groups attached to an aromatic ring is 1. The number of rotatable bonds is 7. The first-order valence-corrected chi connectivity index (χ1v) is 9.06. The van der Waals surface area contributed by atoms with E-state index in [9.17, 15) is 9.90 Å². The van der Waals surface area contributed by atoms with Crippen molar-refractivity contribution < 1.29 is 14.6 Å². The van der Waals surface area contributed by atoms with Gasteiger partial charge in [0.05, 0.1) is 23.8 Å². The summed E-state index contributed by atoms with van der Waals surface area (Å²) < 4.78 is 5.09. The Labute approximate surface area is 172 Å². The lowest BCUT2D eigenvalue weighted by Gasteiger charge is -2.18. The van der Waals surface area contributed by atoms with Crippen molar-refractivity contribution in [3.05, 3.63) is 36.9 Å². The molecule has 0 unspecified atom stereocenters. The molecule has 0 aromatic carbocycles. The number of hydrogen-bond acceptors (Lipinski definition) is 7. The van der Waals surface area contributed by atoms with E-state index in [-0.39, 0.29) is 18.2 Å². The molecule has 8 nitrogen and oxygen atoms in total. The fourth-order valence-electron chi connectivity index (χ4n) is 2.05. The molecule has 0 fully saturated rings. The van der Waals surface area contributed by atoms with Crippen LogP contribution in [0.4, 0.5) is 16.2 Å². The van der Waals surface area contributed by atoms with Crippen molar-refractivity contribution in [1.82, 2.24) is 14.9 Å². The number of halogens is 1. The zero-order valence-corrected chi connectivity index (χ0v) is 17.4. The van der Waals surface area contributed by atoms with E-state index in [2.05, 4.69) is 22.2 Å². The molecule has 2 aromatic heterocycles. The van der Waals surface area contributed by atoms with Crippen LogP contribution in [0.15, 0.2) is 36.9 Å². The number of carbonyl (C=O) groups excluding carboxylic acids is 1. The number of aromatic hydroxyl groups is 1. The predicted octanol–water partition coefficient (Wildman–Crippen LogP) is 3.93. The lowest BCUT2D eigenvalue weighted by Crippen LogP contribution is -2.33. The minimum atomic E-state index is -0.403. The zero-order chi connectivity index (χ0) is 20.1. The number of nitrogens with zero attached hydrogens (tertiary/aromatic N) is 3. The maximum absolute atomic E-state index is 11.5. The summed E-state index contributed by atoms with van der Waals surface area (Å²) in [4.78, 5) is 20.7. The number of amides is 1. The normalized spacial score (nSPS) is 9.39. The van der Waals surface area contributed by atoms with Crippen LogP contribution in [0.3, 0.4) is 0 Å². The van der Waals surface area contributed by atoms with Crippen molar-refractivity contribution in [2.45, 2.75) is 33.6 Å². The van der Waals surface area contributed by atoms with E-state index in [1.807, 2.05) is 13.8 Å². The first kappa shape index (κ1) is 25.3. The molecule has 4 N–H and O–H groups in total. The van der Waals surface area contributed by atoms with Crippen molar-refractivity contribution in [2.75, 3.05) is 30.7 Å². The first-order valence-electron chi connectivity index (χ1n) is 9.06. The number of pyridine rings is 2. The maximum Gasteiger partial charge on any atom is 0.415 e. The summed E-state index contributed by atoms with van der Waals surface area (Å²) >= 11 is 0. The maximum atomic E-state index is 11.5. The highest BCUT2D eigenvalue weighted by Crippen LogP contribution is 2.20. The summed E-state index contributed by atoms with van der Waals surface area (Å²) in [6.45, 7) is 8.02. The fraction of sp³-hybridized carbons (Fsp3) is 0.421. The summed E-state index contributed by atoms with van der Waals surface area (Å²) in [6.07, 6.45) is 7.93. The van der Waals surface area contributed by atoms with Gasteiger partial charge < -0.3 is 25.8 Å². The van der Waals surface area contributed by atoms with E-state index >= 15 is 0 Å². The molecule has 9 heteroatoms. The molecule has 0 saturated carbocycles. The largest absolute Gasteiger partial charge is 0.504 e. The van der Waals surface area contributed by atoms with Crippen LogP contribution >= 0.6 is 12.4 Å². The minimum absolute atomic E-state index is 0. The van der Waals surface area contributed by atoms with Gasteiger partial charge >= 0.3 is 6.09 Å². The average Bonchev–Trinajstić information content (AvgIpc) is 2.67. The zero-order valence-electron chi connectivity index (χ0n) is 16.6. The Balaban J connectivity index is 0.000000514. The number of ether oxygens (including phenoxy) is 1. The van der Waals surface area contributed by atoms with Gasteiger partial charge in [-0.2, -0.15) is 0 Å². The summed E-state index contributed by atoms with van der Waals surface area (Å²) in [5.74, 6) is 0.517. The number of aromatic nitrogens is 2. The van der Waals surface area contributed by atoms with E-state index in [0.29, 0.717) is 24.5 Å². The number of anilines is 2. The van der Waals surface area contributed by atoms with E-state index < -0.39 is 6.09 Å². The summed E-state index contributed by atoms with van der Waals surface area (Å²) in [5, 5.41) is 12.4. The minimum Gasteiger partial charge on any atom is -0.504 e. The third-order valence-electron chi connectivity index (χ3n) is 3.68. The summed E-state index contributed by atoms with van der Waals surface area (Å²) in [6, 6.07) is 3.36.